The molecule has 166 valence electrons. The van der Waals surface area contributed by atoms with Crippen LogP contribution in [0.1, 0.15) is 12.1 Å². The fourth-order valence-electron chi connectivity index (χ4n) is 4.17. The number of allylic oxidation sites excluding steroid dienone is 2. The predicted octanol–water partition coefficient (Wildman–Crippen LogP) is 3.64. The Bertz CT molecular complexity index is 1150. The molecule has 1 unspecified atom stereocenters. The number of aromatic nitrogens is 3. The van der Waals surface area contributed by atoms with Gasteiger partial charge in [0.05, 0.1) is 32.2 Å². The van der Waals surface area contributed by atoms with Gasteiger partial charge in [0.25, 0.3) is 0 Å². The molecule has 1 aliphatic heterocycles. The number of hydrogen-bond acceptors (Lipinski definition) is 7. The predicted molar refractivity (Wildman–Crippen MR) is 124 cm³/mol. The van der Waals surface area contributed by atoms with Crippen LogP contribution in [0.15, 0.2) is 60.8 Å². The molecular formula is C24H27N5O3. The van der Waals surface area contributed by atoms with Gasteiger partial charge in [0.2, 0.25) is 0 Å². The van der Waals surface area contributed by atoms with Crippen molar-refractivity contribution in [2.24, 2.45) is 0 Å². The van der Waals surface area contributed by atoms with E-state index < -0.39 is 0 Å². The van der Waals surface area contributed by atoms with Crippen molar-refractivity contribution in [1.82, 2.24) is 14.4 Å². The normalized spacial score (nSPS) is 18.9. The third-order valence-corrected chi connectivity index (χ3v) is 5.92. The van der Waals surface area contributed by atoms with Crippen LogP contribution in [0.2, 0.25) is 0 Å². The number of rotatable bonds is 6. The van der Waals surface area contributed by atoms with Crippen LogP contribution in [-0.2, 0) is 14.2 Å². The fraction of sp³-hybridized carbons (Fsp3) is 0.333. The van der Waals surface area contributed by atoms with E-state index in [9.17, 15) is 0 Å². The Hall–Kier alpha value is -3.36. The molecule has 0 amide bonds. The Morgan fingerprint density at radius 2 is 1.91 bits per heavy atom. The minimum Gasteiger partial charge on any atom is -0.498 e. The zero-order valence-electron chi connectivity index (χ0n) is 18.3. The standard InChI is InChI=1S/C24H27N5O3/c1-30-21-8-3-17(15-22(21)31-2)20-16-26-24-23(25-9-10-29(20)24)27-18-4-6-19(7-5-18)28-11-13-32-14-12-28/h3-7,9-10,15-16,21H,8,11-14H2,1-2H3,(H,25,27). The van der Waals surface area contributed by atoms with Gasteiger partial charge >= 0.3 is 0 Å². The van der Waals surface area contributed by atoms with E-state index in [1.165, 1.54) is 5.69 Å². The highest BCUT2D eigenvalue weighted by Gasteiger charge is 2.21. The first kappa shape index (κ1) is 20.5. The van der Waals surface area contributed by atoms with Gasteiger partial charge in [-0.25, -0.2) is 9.97 Å². The van der Waals surface area contributed by atoms with Crippen molar-refractivity contribution >= 4 is 28.4 Å². The molecule has 5 rings (SSSR count). The number of nitrogens with zero attached hydrogens (tertiary/aromatic N) is 4. The average molecular weight is 434 g/mol. The SMILES string of the molecule is COC1=CC(c2cnc3c(Nc4ccc(N5CCOCC5)cc4)nccn23)=CCC1OC. The Labute approximate surface area is 187 Å². The van der Waals surface area contributed by atoms with Crippen molar-refractivity contribution in [3.8, 4) is 0 Å². The molecule has 1 N–H and O–H groups in total. The molecule has 8 heteroatoms. The third kappa shape index (κ3) is 3.94. The third-order valence-electron chi connectivity index (χ3n) is 5.92. The molecule has 0 saturated carbocycles. The van der Waals surface area contributed by atoms with Crippen LogP contribution in [-0.4, -0.2) is 61.0 Å². The van der Waals surface area contributed by atoms with E-state index in [2.05, 4.69) is 50.5 Å². The van der Waals surface area contributed by atoms with Crippen LogP contribution in [0.4, 0.5) is 17.2 Å². The van der Waals surface area contributed by atoms with E-state index >= 15 is 0 Å². The second-order valence-corrected chi connectivity index (χ2v) is 7.75. The summed E-state index contributed by atoms with van der Waals surface area (Å²) in [5, 5.41) is 3.41. The maximum Gasteiger partial charge on any atom is 0.180 e. The van der Waals surface area contributed by atoms with Crippen LogP contribution >= 0.6 is 0 Å². The molecule has 3 heterocycles. The molecular weight excluding hydrogens is 406 g/mol. The quantitative estimate of drug-likeness (QED) is 0.636. The lowest BCUT2D eigenvalue weighted by molar-refractivity contribution is 0.0799. The summed E-state index contributed by atoms with van der Waals surface area (Å²) in [6.45, 7) is 3.39. The Morgan fingerprint density at radius 1 is 1.09 bits per heavy atom. The number of imidazole rings is 1. The van der Waals surface area contributed by atoms with Gasteiger partial charge in [-0.05, 0) is 42.3 Å². The fourth-order valence-corrected chi connectivity index (χ4v) is 4.17. The molecule has 1 aromatic carbocycles. The topological polar surface area (TPSA) is 73.2 Å². The first-order valence-electron chi connectivity index (χ1n) is 10.8. The first-order chi connectivity index (χ1) is 15.8. The number of morpholine rings is 1. The van der Waals surface area contributed by atoms with E-state index in [1.807, 2.05) is 22.9 Å². The van der Waals surface area contributed by atoms with Gasteiger partial charge in [-0.1, -0.05) is 6.08 Å². The van der Waals surface area contributed by atoms with Crippen molar-refractivity contribution in [3.63, 3.8) is 0 Å². The molecule has 0 radical (unpaired) electrons. The van der Waals surface area contributed by atoms with Crippen molar-refractivity contribution < 1.29 is 14.2 Å². The van der Waals surface area contributed by atoms with Crippen LogP contribution in [0.3, 0.4) is 0 Å². The second kappa shape index (κ2) is 9.02. The lowest BCUT2D eigenvalue weighted by Gasteiger charge is -2.28. The maximum absolute atomic E-state index is 5.52. The van der Waals surface area contributed by atoms with Crippen LogP contribution in [0.5, 0.6) is 0 Å². The zero-order valence-corrected chi connectivity index (χ0v) is 18.3. The Kier molecular flexibility index (Phi) is 5.79. The smallest absolute Gasteiger partial charge is 0.180 e. The Morgan fingerprint density at radius 3 is 2.66 bits per heavy atom. The van der Waals surface area contributed by atoms with Crippen molar-refractivity contribution in [3.05, 3.63) is 66.5 Å². The van der Waals surface area contributed by atoms with Crippen LogP contribution in [0, 0.1) is 0 Å². The minimum absolute atomic E-state index is 0.0535. The van der Waals surface area contributed by atoms with E-state index in [0.717, 1.165) is 61.1 Å². The van der Waals surface area contributed by atoms with Gasteiger partial charge in [-0.2, -0.15) is 0 Å². The lowest BCUT2D eigenvalue weighted by Crippen LogP contribution is -2.36. The van der Waals surface area contributed by atoms with E-state index in [4.69, 9.17) is 14.2 Å². The Balaban J connectivity index is 1.39. The summed E-state index contributed by atoms with van der Waals surface area (Å²) < 4.78 is 18.5. The first-order valence-corrected chi connectivity index (χ1v) is 10.8. The molecule has 0 bridgehead atoms. The van der Waals surface area contributed by atoms with Crippen molar-refractivity contribution in [2.75, 3.05) is 50.7 Å². The molecule has 3 aromatic rings. The summed E-state index contributed by atoms with van der Waals surface area (Å²) in [7, 11) is 3.37. The van der Waals surface area contributed by atoms with E-state index in [-0.39, 0.29) is 6.10 Å². The summed E-state index contributed by atoms with van der Waals surface area (Å²) in [6.07, 6.45) is 10.4. The van der Waals surface area contributed by atoms with Gasteiger partial charge < -0.3 is 24.4 Å². The minimum atomic E-state index is -0.0535. The molecule has 2 aromatic heterocycles. The number of methoxy groups -OCH3 is 2. The monoisotopic (exact) mass is 433 g/mol. The van der Waals surface area contributed by atoms with Gasteiger partial charge in [-0.15, -0.1) is 0 Å². The number of anilines is 3. The largest absolute Gasteiger partial charge is 0.498 e. The molecule has 2 aliphatic rings. The maximum atomic E-state index is 5.52. The highest BCUT2D eigenvalue weighted by molar-refractivity contribution is 5.78. The molecule has 32 heavy (non-hydrogen) atoms. The molecule has 8 nitrogen and oxygen atoms in total. The number of nitrogens with one attached hydrogen (secondary N) is 1. The average Bonchev–Trinajstić information content (AvgIpc) is 3.30. The number of benzene rings is 1. The second-order valence-electron chi connectivity index (χ2n) is 7.75. The molecule has 1 atom stereocenters. The van der Waals surface area contributed by atoms with Crippen LogP contribution < -0.4 is 10.2 Å². The van der Waals surface area contributed by atoms with Gasteiger partial charge in [-0.3, -0.25) is 4.40 Å². The summed E-state index contributed by atoms with van der Waals surface area (Å²) in [5.41, 5.74) is 4.97. The summed E-state index contributed by atoms with van der Waals surface area (Å²) in [5.74, 6) is 1.52. The van der Waals surface area contributed by atoms with Gasteiger partial charge in [0, 0.05) is 44.0 Å². The van der Waals surface area contributed by atoms with Crippen molar-refractivity contribution in [1.29, 1.82) is 0 Å². The number of hydrogen-bond donors (Lipinski definition) is 1. The molecule has 1 aliphatic carbocycles. The van der Waals surface area contributed by atoms with Gasteiger partial charge in [0.15, 0.2) is 11.5 Å². The molecule has 1 fully saturated rings. The summed E-state index contributed by atoms with van der Waals surface area (Å²) >= 11 is 0. The summed E-state index contributed by atoms with van der Waals surface area (Å²) in [4.78, 5) is 11.5. The van der Waals surface area contributed by atoms with E-state index in [1.54, 1.807) is 20.4 Å². The zero-order chi connectivity index (χ0) is 21.9. The van der Waals surface area contributed by atoms with Gasteiger partial charge in [0.1, 0.15) is 11.9 Å². The molecule has 1 saturated heterocycles. The molecule has 0 spiro atoms. The van der Waals surface area contributed by atoms with Crippen molar-refractivity contribution in [2.45, 2.75) is 12.5 Å². The highest BCUT2D eigenvalue weighted by Crippen LogP contribution is 2.29. The van der Waals surface area contributed by atoms with E-state index in [0.29, 0.717) is 5.82 Å². The summed E-state index contributed by atoms with van der Waals surface area (Å²) in [6, 6.07) is 8.39. The lowest BCUT2D eigenvalue weighted by atomic mass is 10.0. The highest BCUT2D eigenvalue weighted by atomic mass is 16.5. The van der Waals surface area contributed by atoms with Crippen LogP contribution in [0.25, 0.3) is 11.2 Å². The number of fused-ring (bicyclic) bond motifs is 1. The number of ether oxygens (including phenoxy) is 3.